The molecule has 0 spiro atoms. The number of benzene rings is 2. The van der Waals surface area contributed by atoms with Crippen LogP contribution in [0.3, 0.4) is 0 Å². The lowest BCUT2D eigenvalue weighted by atomic mass is 9.92. The number of aryl methyl sites for hydroxylation is 1. The summed E-state index contributed by atoms with van der Waals surface area (Å²) in [6, 6.07) is 15.5. The van der Waals surface area contributed by atoms with E-state index in [2.05, 4.69) is 15.7 Å². The summed E-state index contributed by atoms with van der Waals surface area (Å²) < 4.78 is 26.9. The van der Waals surface area contributed by atoms with Crippen LogP contribution in [0.5, 0.6) is 0 Å². The molecule has 1 unspecified atom stereocenters. The van der Waals surface area contributed by atoms with E-state index in [4.69, 9.17) is 8.96 Å². The lowest BCUT2D eigenvalue weighted by Crippen LogP contribution is -2.21. The van der Waals surface area contributed by atoms with Crippen LogP contribution in [0.4, 0.5) is 16.3 Å². The van der Waals surface area contributed by atoms with Crippen molar-refractivity contribution in [2.24, 2.45) is 0 Å². The van der Waals surface area contributed by atoms with E-state index >= 15 is 0 Å². The summed E-state index contributed by atoms with van der Waals surface area (Å²) in [5, 5.41) is 10.4. The first-order valence-corrected chi connectivity index (χ1v) is 11.8. The van der Waals surface area contributed by atoms with E-state index in [0.717, 1.165) is 11.3 Å². The fraction of sp³-hybridized carbons (Fsp3) is 0.304. The van der Waals surface area contributed by atoms with Crippen LogP contribution in [0, 0.1) is 11.7 Å². The van der Waals surface area contributed by atoms with Crippen LogP contribution >= 0.6 is 0 Å². The van der Waals surface area contributed by atoms with Gasteiger partial charge in [0.1, 0.15) is 5.82 Å². The number of urea groups is 1. The number of carbonyl (C=O) groups is 1. The summed E-state index contributed by atoms with van der Waals surface area (Å²) in [5.41, 5.74) is 3.00. The van der Waals surface area contributed by atoms with Gasteiger partial charge in [0.25, 0.3) is 0 Å². The topological polar surface area (TPSA) is 109 Å². The monoisotopic (exact) mass is 455 g/mol. The van der Waals surface area contributed by atoms with Crippen molar-refractivity contribution in [3.63, 3.8) is 0 Å². The SMILES string of the molecule is CCOS(=N)(=O)c1ccc(-n2nc(C(C)(C)C)cc2NC(=O)Nc2ccc(C)cc2)cc1. The Bertz CT molecular complexity index is 1190. The van der Waals surface area contributed by atoms with Crippen molar-refractivity contribution in [2.45, 2.75) is 44.9 Å². The van der Waals surface area contributed by atoms with Crippen molar-refractivity contribution >= 4 is 27.5 Å². The highest BCUT2D eigenvalue weighted by Crippen LogP contribution is 2.27. The van der Waals surface area contributed by atoms with Crippen LogP contribution in [-0.2, 0) is 19.6 Å². The zero-order valence-electron chi connectivity index (χ0n) is 18.9. The van der Waals surface area contributed by atoms with Crippen molar-refractivity contribution in [1.29, 1.82) is 4.78 Å². The van der Waals surface area contributed by atoms with Gasteiger partial charge in [-0.3, -0.25) is 9.50 Å². The molecule has 2 amide bonds. The summed E-state index contributed by atoms with van der Waals surface area (Å²) >= 11 is 0. The van der Waals surface area contributed by atoms with Crippen LogP contribution in [0.2, 0.25) is 0 Å². The Kier molecular flexibility index (Phi) is 6.71. The van der Waals surface area contributed by atoms with Crippen molar-refractivity contribution in [1.82, 2.24) is 9.78 Å². The van der Waals surface area contributed by atoms with E-state index in [-0.39, 0.29) is 16.9 Å². The molecule has 3 N–H and O–H groups in total. The Labute approximate surface area is 189 Å². The summed E-state index contributed by atoms with van der Waals surface area (Å²) in [6.07, 6.45) is 0. The Morgan fingerprint density at radius 3 is 2.28 bits per heavy atom. The van der Waals surface area contributed by atoms with E-state index in [1.165, 1.54) is 0 Å². The zero-order chi connectivity index (χ0) is 23.5. The number of hydrogen-bond donors (Lipinski definition) is 3. The standard InChI is InChI=1S/C23H29N5O3S/c1-6-31-32(24,30)19-13-11-18(12-14-19)28-21(15-20(27-28)23(3,4)5)26-22(29)25-17-9-7-16(2)8-10-17/h7-15,24H,6H2,1-5H3,(H2,25,26,29). The number of amides is 2. The smallest absolute Gasteiger partial charge is 0.308 e. The fourth-order valence-electron chi connectivity index (χ4n) is 2.95. The summed E-state index contributed by atoms with van der Waals surface area (Å²) in [6.45, 7) is 9.97. The van der Waals surface area contributed by atoms with Gasteiger partial charge < -0.3 is 5.32 Å². The van der Waals surface area contributed by atoms with Gasteiger partial charge in [0.15, 0.2) is 10.0 Å². The Balaban J connectivity index is 1.91. The molecule has 3 aromatic rings. The minimum atomic E-state index is -3.30. The molecule has 0 saturated heterocycles. The predicted octanol–water partition coefficient (Wildman–Crippen LogP) is 5.48. The Morgan fingerprint density at radius 2 is 1.72 bits per heavy atom. The molecule has 0 bridgehead atoms. The summed E-state index contributed by atoms with van der Waals surface area (Å²) in [7, 11) is -3.30. The van der Waals surface area contributed by atoms with Crippen molar-refractivity contribution in [3.8, 4) is 5.69 Å². The molecule has 3 rings (SSSR count). The second kappa shape index (κ2) is 9.13. The number of carbonyl (C=O) groups excluding carboxylic acids is 1. The van der Waals surface area contributed by atoms with Crippen molar-refractivity contribution in [3.05, 3.63) is 65.9 Å². The Morgan fingerprint density at radius 1 is 1.09 bits per heavy atom. The average Bonchev–Trinajstić information content (AvgIpc) is 3.14. The number of nitrogens with one attached hydrogen (secondary N) is 3. The third-order valence-electron chi connectivity index (χ3n) is 4.70. The van der Waals surface area contributed by atoms with E-state index in [1.54, 1.807) is 35.9 Å². The molecule has 32 heavy (non-hydrogen) atoms. The number of aromatic nitrogens is 2. The third-order valence-corrected chi connectivity index (χ3v) is 6.16. The van der Waals surface area contributed by atoms with Crippen LogP contribution in [0.1, 0.15) is 39.0 Å². The van der Waals surface area contributed by atoms with Crippen LogP contribution in [0.15, 0.2) is 59.5 Å². The molecule has 0 radical (unpaired) electrons. The zero-order valence-corrected chi connectivity index (χ0v) is 19.7. The minimum absolute atomic E-state index is 0.183. The largest absolute Gasteiger partial charge is 0.324 e. The molecule has 0 aliphatic heterocycles. The Hall–Kier alpha value is -3.17. The van der Waals surface area contributed by atoms with Gasteiger partial charge in [-0.15, -0.1) is 0 Å². The molecule has 170 valence electrons. The highest BCUT2D eigenvalue weighted by atomic mass is 32.2. The normalized spacial score (nSPS) is 13.4. The molecular formula is C23H29N5O3S. The number of anilines is 2. The van der Waals surface area contributed by atoms with Gasteiger partial charge in [-0.2, -0.15) is 5.10 Å². The summed E-state index contributed by atoms with van der Waals surface area (Å²) in [4.78, 5) is 12.9. The lowest BCUT2D eigenvalue weighted by molar-refractivity contribution is 0.262. The van der Waals surface area contributed by atoms with E-state index in [0.29, 0.717) is 17.2 Å². The average molecular weight is 456 g/mol. The maximum absolute atomic E-state index is 12.6. The molecular weight excluding hydrogens is 426 g/mol. The van der Waals surface area contributed by atoms with Crippen LogP contribution in [-0.4, -0.2) is 26.6 Å². The predicted molar refractivity (Wildman–Crippen MR) is 127 cm³/mol. The van der Waals surface area contributed by atoms with Gasteiger partial charge >= 0.3 is 6.03 Å². The maximum atomic E-state index is 12.6. The fourth-order valence-corrected chi connectivity index (χ4v) is 3.91. The van der Waals surface area contributed by atoms with E-state index < -0.39 is 16.0 Å². The maximum Gasteiger partial charge on any atom is 0.324 e. The molecule has 0 aliphatic carbocycles. The molecule has 0 fully saturated rings. The van der Waals surface area contributed by atoms with Crippen molar-refractivity contribution in [2.75, 3.05) is 17.2 Å². The van der Waals surface area contributed by atoms with Gasteiger partial charge in [-0.1, -0.05) is 38.5 Å². The molecule has 1 aromatic heterocycles. The first-order valence-electron chi connectivity index (χ1n) is 10.3. The molecule has 1 heterocycles. The number of rotatable bonds is 6. The van der Waals surface area contributed by atoms with Gasteiger partial charge in [-0.25, -0.2) is 18.5 Å². The van der Waals surface area contributed by atoms with Crippen LogP contribution < -0.4 is 10.6 Å². The molecule has 0 aliphatic rings. The summed E-state index contributed by atoms with van der Waals surface area (Å²) in [5.74, 6) is 0.490. The van der Waals surface area contributed by atoms with Gasteiger partial charge in [0.2, 0.25) is 0 Å². The minimum Gasteiger partial charge on any atom is -0.308 e. The number of hydrogen-bond acceptors (Lipinski definition) is 5. The first-order chi connectivity index (χ1) is 15.0. The highest BCUT2D eigenvalue weighted by molar-refractivity contribution is 7.87. The second-order valence-electron chi connectivity index (χ2n) is 8.43. The molecule has 8 nitrogen and oxygen atoms in total. The van der Waals surface area contributed by atoms with Gasteiger partial charge in [0, 0.05) is 17.2 Å². The van der Waals surface area contributed by atoms with Crippen molar-refractivity contribution < 1.29 is 13.2 Å². The number of nitrogens with zero attached hydrogens (tertiary/aromatic N) is 2. The first kappa shape index (κ1) is 23.5. The second-order valence-corrected chi connectivity index (χ2v) is 10.1. The highest BCUT2D eigenvalue weighted by Gasteiger charge is 2.22. The van der Waals surface area contributed by atoms with E-state index in [9.17, 15) is 9.00 Å². The molecule has 1 atom stereocenters. The molecule has 2 aromatic carbocycles. The van der Waals surface area contributed by atoms with Gasteiger partial charge in [-0.05, 0) is 50.2 Å². The quantitative estimate of drug-likeness (QED) is 0.457. The molecule has 0 saturated carbocycles. The third kappa shape index (κ3) is 5.54. The van der Waals surface area contributed by atoms with Crippen LogP contribution in [0.25, 0.3) is 5.69 Å². The lowest BCUT2D eigenvalue weighted by Gasteiger charge is -2.14. The molecule has 9 heteroatoms. The van der Waals surface area contributed by atoms with E-state index in [1.807, 2.05) is 58.0 Å². The van der Waals surface area contributed by atoms with Gasteiger partial charge in [0.05, 0.1) is 22.9 Å².